The van der Waals surface area contributed by atoms with Crippen molar-refractivity contribution >= 4 is 0 Å². The highest BCUT2D eigenvalue weighted by Gasteiger charge is 2.31. The fraction of sp³-hybridized carbons (Fsp3) is 1.00. The van der Waals surface area contributed by atoms with E-state index in [0.29, 0.717) is 11.5 Å². The molecule has 0 aromatic carbocycles. The second kappa shape index (κ2) is 4.42. The van der Waals surface area contributed by atoms with Crippen LogP contribution in [0.4, 0.5) is 0 Å². The number of likely N-dealkylation sites (tertiary alicyclic amines) is 1. The van der Waals surface area contributed by atoms with Crippen molar-refractivity contribution in [2.24, 2.45) is 17.1 Å². The van der Waals surface area contributed by atoms with E-state index in [4.69, 9.17) is 5.73 Å². The third-order valence-electron chi connectivity index (χ3n) is 4.23. The van der Waals surface area contributed by atoms with Crippen LogP contribution < -0.4 is 5.73 Å². The first kappa shape index (κ1) is 11.4. The van der Waals surface area contributed by atoms with Gasteiger partial charge >= 0.3 is 0 Å². The van der Waals surface area contributed by atoms with Gasteiger partial charge in [-0.2, -0.15) is 0 Å². The van der Waals surface area contributed by atoms with Crippen LogP contribution in [0.15, 0.2) is 0 Å². The summed E-state index contributed by atoms with van der Waals surface area (Å²) in [7, 11) is 0. The second-order valence-corrected chi connectivity index (χ2v) is 6.36. The molecular formula is C13H26N2. The van der Waals surface area contributed by atoms with E-state index in [1.165, 1.54) is 45.2 Å². The lowest BCUT2D eigenvalue weighted by Crippen LogP contribution is -2.41. The van der Waals surface area contributed by atoms with Crippen LogP contribution in [-0.4, -0.2) is 30.6 Å². The molecule has 88 valence electrons. The number of nitrogens with zero attached hydrogens (tertiary/aromatic N) is 1. The van der Waals surface area contributed by atoms with Crippen LogP contribution in [-0.2, 0) is 0 Å². The minimum atomic E-state index is 0.432. The maximum atomic E-state index is 6.31. The van der Waals surface area contributed by atoms with Gasteiger partial charge in [-0.1, -0.05) is 26.7 Å². The van der Waals surface area contributed by atoms with Crippen molar-refractivity contribution in [3.8, 4) is 0 Å². The molecule has 1 saturated heterocycles. The summed E-state index contributed by atoms with van der Waals surface area (Å²) in [5.74, 6) is 0.814. The highest BCUT2D eigenvalue weighted by Crippen LogP contribution is 2.31. The quantitative estimate of drug-likeness (QED) is 0.774. The number of nitrogens with two attached hydrogens (primary N) is 1. The number of rotatable bonds is 3. The van der Waals surface area contributed by atoms with E-state index in [2.05, 4.69) is 18.7 Å². The summed E-state index contributed by atoms with van der Waals surface area (Å²) in [6, 6.07) is 0.432. The third-order valence-corrected chi connectivity index (χ3v) is 4.23. The first-order chi connectivity index (χ1) is 7.07. The SMILES string of the molecule is CC1(C)CCN(CC(N)C2CCCC2)C1. The van der Waals surface area contributed by atoms with Crippen LogP contribution in [0, 0.1) is 11.3 Å². The molecule has 2 N–H and O–H groups in total. The van der Waals surface area contributed by atoms with E-state index in [1.54, 1.807) is 0 Å². The van der Waals surface area contributed by atoms with Gasteiger partial charge < -0.3 is 10.6 Å². The highest BCUT2D eigenvalue weighted by atomic mass is 15.2. The van der Waals surface area contributed by atoms with Crippen molar-refractivity contribution in [2.75, 3.05) is 19.6 Å². The fourth-order valence-corrected chi connectivity index (χ4v) is 3.21. The normalized spacial score (nSPS) is 29.8. The van der Waals surface area contributed by atoms with Crippen molar-refractivity contribution in [3.05, 3.63) is 0 Å². The molecule has 1 heterocycles. The summed E-state index contributed by atoms with van der Waals surface area (Å²) >= 11 is 0. The van der Waals surface area contributed by atoms with Gasteiger partial charge in [0.15, 0.2) is 0 Å². The van der Waals surface area contributed by atoms with Crippen molar-refractivity contribution < 1.29 is 0 Å². The lowest BCUT2D eigenvalue weighted by atomic mass is 9.93. The van der Waals surface area contributed by atoms with Crippen molar-refractivity contribution in [1.82, 2.24) is 4.90 Å². The molecule has 1 atom stereocenters. The van der Waals surface area contributed by atoms with E-state index < -0.39 is 0 Å². The zero-order valence-electron chi connectivity index (χ0n) is 10.3. The molecule has 0 aromatic heterocycles. The average molecular weight is 210 g/mol. The Morgan fingerprint density at radius 3 is 2.53 bits per heavy atom. The predicted molar refractivity (Wildman–Crippen MR) is 64.8 cm³/mol. The molecule has 0 amide bonds. The van der Waals surface area contributed by atoms with E-state index in [-0.39, 0.29) is 0 Å². The Labute approximate surface area is 94.2 Å². The third kappa shape index (κ3) is 2.94. The minimum absolute atomic E-state index is 0.432. The van der Waals surface area contributed by atoms with Gasteiger partial charge in [0.1, 0.15) is 0 Å². The topological polar surface area (TPSA) is 29.3 Å². The molecule has 2 fully saturated rings. The zero-order chi connectivity index (χ0) is 10.9. The minimum Gasteiger partial charge on any atom is -0.326 e. The van der Waals surface area contributed by atoms with Crippen LogP contribution in [0.3, 0.4) is 0 Å². The molecule has 2 nitrogen and oxygen atoms in total. The second-order valence-electron chi connectivity index (χ2n) is 6.36. The summed E-state index contributed by atoms with van der Waals surface area (Å²) in [5.41, 5.74) is 6.83. The van der Waals surface area contributed by atoms with E-state index in [9.17, 15) is 0 Å². The largest absolute Gasteiger partial charge is 0.326 e. The van der Waals surface area contributed by atoms with Crippen LogP contribution in [0.1, 0.15) is 46.0 Å². The Morgan fingerprint density at radius 1 is 1.33 bits per heavy atom. The first-order valence-corrected chi connectivity index (χ1v) is 6.55. The lowest BCUT2D eigenvalue weighted by Gasteiger charge is -2.26. The van der Waals surface area contributed by atoms with E-state index in [0.717, 1.165) is 12.5 Å². The molecule has 2 heteroatoms. The molecule has 1 aliphatic carbocycles. The fourth-order valence-electron chi connectivity index (χ4n) is 3.21. The Kier molecular flexibility index (Phi) is 3.36. The molecule has 0 spiro atoms. The van der Waals surface area contributed by atoms with Gasteiger partial charge in [0.2, 0.25) is 0 Å². The Hall–Kier alpha value is -0.0800. The average Bonchev–Trinajstić information content (AvgIpc) is 2.74. The van der Waals surface area contributed by atoms with Crippen LogP contribution in [0.5, 0.6) is 0 Å². The Bertz CT molecular complexity index is 207. The van der Waals surface area contributed by atoms with Crippen LogP contribution in [0.2, 0.25) is 0 Å². The summed E-state index contributed by atoms with van der Waals surface area (Å²) in [6.45, 7) is 8.37. The van der Waals surface area contributed by atoms with Gasteiger partial charge in [0, 0.05) is 19.1 Å². The highest BCUT2D eigenvalue weighted by molar-refractivity contribution is 4.87. The standard InChI is InChI=1S/C13H26N2/c1-13(2)7-8-15(10-13)9-12(14)11-5-3-4-6-11/h11-12H,3-10,14H2,1-2H3. The Morgan fingerprint density at radius 2 is 2.00 bits per heavy atom. The van der Waals surface area contributed by atoms with Gasteiger partial charge in [0.25, 0.3) is 0 Å². The Balaban J connectivity index is 1.77. The molecule has 1 aliphatic heterocycles. The first-order valence-electron chi connectivity index (χ1n) is 6.55. The van der Waals surface area contributed by atoms with Gasteiger partial charge in [-0.05, 0) is 37.1 Å². The molecule has 1 unspecified atom stereocenters. The molecular weight excluding hydrogens is 184 g/mol. The molecule has 2 aliphatic rings. The molecule has 0 bridgehead atoms. The summed E-state index contributed by atoms with van der Waals surface area (Å²) in [6.07, 6.45) is 6.90. The summed E-state index contributed by atoms with van der Waals surface area (Å²) in [5, 5.41) is 0. The molecule has 0 radical (unpaired) electrons. The maximum absolute atomic E-state index is 6.31. The molecule has 1 saturated carbocycles. The van der Waals surface area contributed by atoms with Gasteiger partial charge in [0.05, 0.1) is 0 Å². The number of hydrogen-bond acceptors (Lipinski definition) is 2. The van der Waals surface area contributed by atoms with Crippen LogP contribution >= 0.6 is 0 Å². The van der Waals surface area contributed by atoms with E-state index in [1.807, 2.05) is 0 Å². The molecule has 2 rings (SSSR count). The van der Waals surface area contributed by atoms with Crippen molar-refractivity contribution in [1.29, 1.82) is 0 Å². The van der Waals surface area contributed by atoms with Gasteiger partial charge in [-0.25, -0.2) is 0 Å². The molecule has 0 aromatic rings. The number of hydrogen-bond donors (Lipinski definition) is 1. The monoisotopic (exact) mass is 210 g/mol. The predicted octanol–water partition coefficient (Wildman–Crippen LogP) is 2.24. The smallest absolute Gasteiger partial charge is 0.0196 e. The van der Waals surface area contributed by atoms with Gasteiger partial charge in [-0.3, -0.25) is 0 Å². The zero-order valence-corrected chi connectivity index (χ0v) is 10.3. The maximum Gasteiger partial charge on any atom is 0.0196 e. The van der Waals surface area contributed by atoms with Crippen LogP contribution in [0.25, 0.3) is 0 Å². The van der Waals surface area contributed by atoms with Crippen molar-refractivity contribution in [3.63, 3.8) is 0 Å². The summed E-state index contributed by atoms with van der Waals surface area (Å²) in [4.78, 5) is 2.57. The van der Waals surface area contributed by atoms with Crippen molar-refractivity contribution in [2.45, 2.75) is 52.0 Å². The summed E-state index contributed by atoms with van der Waals surface area (Å²) < 4.78 is 0. The van der Waals surface area contributed by atoms with E-state index >= 15 is 0 Å². The van der Waals surface area contributed by atoms with Gasteiger partial charge in [-0.15, -0.1) is 0 Å². The molecule has 15 heavy (non-hydrogen) atoms. The lowest BCUT2D eigenvalue weighted by molar-refractivity contribution is 0.247.